The number of benzene rings is 1. The molecule has 0 bridgehead atoms. The molecule has 0 fully saturated rings. The van der Waals surface area contributed by atoms with Gasteiger partial charge in [0.2, 0.25) is 0 Å². The Morgan fingerprint density at radius 2 is 2.00 bits per heavy atom. The average Bonchev–Trinajstić information content (AvgIpc) is 3.14. The molecule has 0 saturated carbocycles. The molecule has 0 amide bonds. The Morgan fingerprint density at radius 1 is 1.14 bits per heavy atom. The smallest absolute Gasteiger partial charge is 0.134 e. The van der Waals surface area contributed by atoms with Gasteiger partial charge in [0.15, 0.2) is 0 Å². The molecule has 1 aromatic carbocycles. The standard InChI is InChI=1S/C18H21NOS/c1-3-11-19-18(17-10-9-14(4-2)21-17)16-12-13-7-5-6-8-15(13)20-16/h5-10,12,18-19H,3-4,11H2,1-2H3. The Hall–Kier alpha value is -1.58. The predicted octanol–water partition coefficient (Wildman–Crippen LogP) is 5.15. The van der Waals surface area contributed by atoms with E-state index < -0.39 is 0 Å². The van der Waals surface area contributed by atoms with Crippen molar-refractivity contribution in [3.8, 4) is 0 Å². The van der Waals surface area contributed by atoms with E-state index in [1.165, 1.54) is 15.1 Å². The van der Waals surface area contributed by atoms with Crippen molar-refractivity contribution in [2.45, 2.75) is 32.7 Å². The van der Waals surface area contributed by atoms with E-state index in [1.54, 1.807) is 0 Å². The third-order valence-electron chi connectivity index (χ3n) is 3.64. The van der Waals surface area contributed by atoms with Crippen molar-refractivity contribution in [3.63, 3.8) is 0 Å². The van der Waals surface area contributed by atoms with Crippen LogP contribution >= 0.6 is 11.3 Å². The average molecular weight is 299 g/mol. The quantitative estimate of drug-likeness (QED) is 0.681. The lowest BCUT2D eigenvalue weighted by molar-refractivity contribution is 0.473. The number of rotatable bonds is 6. The maximum absolute atomic E-state index is 6.07. The van der Waals surface area contributed by atoms with E-state index in [2.05, 4.69) is 49.5 Å². The highest BCUT2D eigenvalue weighted by Crippen LogP contribution is 2.32. The Bertz CT molecular complexity index is 680. The van der Waals surface area contributed by atoms with Crippen molar-refractivity contribution < 1.29 is 4.42 Å². The molecule has 0 aliphatic heterocycles. The summed E-state index contributed by atoms with van der Waals surface area (Å²) in [6.45, 7) is 5.38. The number of nitrogens with one attached hydrogen (secondary N) is 1. The Morgan fingerprint density at radius 3 is 2.71 bits per heavy atom. The molecule has 0 saturated heterocycles. The van der Waals surface area contributed by atoms with Crippen molar-refractivity contribution in [1.82, 2.24) is 5.32 Å². The molecule has 1 N–H and O–H groups in total. The lowest BCUT2D eigenvalue weighted by Gasteiger charge is -2.14. The fourth-order valence-corrected chi connectivity index (χ4v) is 3.55. The molecule has 3 heteroatoms. The van der Waals surface area contributed by atoms with Crippen molar-refractivity contribution in [3.05, 3.63) is 58.0 Å². The highest BCUT2D eigenvalue weighted by Gasteiger charge is 2.19. The molecule has 0 radical (unpaired) electrons. The molecular formula is C18H21NOS. The van der Waals surface area contributed by atoms with Crippen molar-refractivity contribution >= 4 is 22.3 Å². The van der Waals surface area contributed by atoms with Gasteiger partial charge in [-0.05, 0) is 43.7 Å². The highest BCUT2D eigenvalue weighted by atomic mass is 32.1. The first kappa shape index (κ1) is 14.4. The van der Waals surface area contributed by atoms with Crippen LogP contribution < -0.4 is 5.32 Å². The fourth-order valence-electron chi connectivity index (χ4n) is 2.51. The lowest BCUT2D eigenvalue weighted by atomic mass is 10.1. The molecule has 2 aromatic heterocycles. The van der Waals surface area contributed by atoms with Crippen LogP contribution in [0.4, 0.5) is 0 Å². The SMILES string of the molecule is CCCNC(c1cc2ccccc2o1)c1ccc(CC)s1. The number of furan rings is 1. The normalized spacial score (nSPS) is 12.9. The summed E-state index contributed by atoms with van der Waals surface area (Å²) >= 11 is 1.87. The zero-order chi connectivity index (χ0) is 14.7. The molecule has 3 rings (SSSR count). The van der Waals surface area contributed by atoms with Gasteiger partial charge in [0.25, 0.3) is 0 Å². The van der Waals surface area contributed by atoms with E-state index in [0.29, 0.717) is 0 Å². The molecule has 1 unspecified atom stereocenters. The zero-order valence-electron chi connectivity index (χ0n) is 12.6. The minimum atomic E-state index is 0.155. The lowest BCUT2D eigenvalue weighted by Crippen LogP contribution is -2.21. The zero-order valence-corrected chi connectivity index (χ0v) is 13.4. The van der Waals surface area contributed by atoms with Gasteiger partial charge in [-0.25, -0.2) is 0 Å². The van der Waals surface area contributed by atoms with E-state index in [-0.39, 0.29) is 6.04 Å². The van der Waals surface area contributed by atoms with Gasteiger partial charge < -0.3 is 9.73 Å². The third kappa shape index (κ3) is 3.04. The fraction of sp³-hybridized carbons (Fsp3) is 0.333. The number of thiophene rings is 1. The Labute approximate surface area is 129 Å². The third-order valence-corrected chi connectivity index (χ3v) is 4.94. The molecule has 3 aromatic rings. The van der Waals surface area contributed by atoms with Crippen LogP contribution in [-0.2, 0) is 6.42 Å². The molecule has 0 aliphatic carbocycles. The summed E-state index contributed by atoms with van der Waals surface area (Å²) in [5.74, 6) is 1.01. The number of aryl methyl sites for hydroxylation is 1. The van der Waals surface area contributed by atoms with Gasteiger partial charge in [0, 0.05) is 15.1 Å². The second kappa shape index (κ2) is 6.46. The van der Waals surface area contributed by atoms with E-state index in [9.17, 15) is 0 Å². The second-order valence-electron chi connectivity index (χ2n) is 5.23. The summed E-state index contributed by atoms with van der Waals surface area (Å²) in [6.07, 6.45) is 2.20. The maximum atomic E-state index is 6.07. The summed E-state index contributed by atoms with van der Waals surface area (Å²) in [7, 11) is 0. The Balaban J connectivity index is 1.97. The van der Waals surface area contributed by atoms with Crippen molar-refractivity contribution in [1.29, 1.82) is 0 Å². The number of hydrogen-bond donors (Lipinski definition) is 1. The number of hydrogen-bond acceptors (Lipinski definition) is 3. The van der Waals surface area contributed by atoms with Crippen LogP contribution in [0, 0.1) is 0 Å². The van der Waals surface area contributed by atoms with Gasteiger partial charge in [-0.15, -0.1) is 11.3 Å². The first-order valence-electron chi connectivity index (χ1n) is 7.62. The van der Waals surface area contributed by atoms with Gasteiger partial charge in [-0.3, -0.25) is 0 Å². The van der Waals surface area contributed by atoms with E-state index >= 15 is 0 Å². The molecule has 2 heterocycles. The predicted molar refractivity (Wildman–Crippen MR) is 90.0 cm³/mol. The largest absolute Gasteiger partial charge is 0.459 e. The van der Waals surface area contributed by atoms with E-state index in [0.717, 1.165) is 30.7 Å². The van der Waals surface area contributed by atoms with Crippen LogP contribution in [-0.4, -0.2) is 6.54 Å². The summed E-state index contributed by atoms with van der Waals surface area (Å²) in [6, 6.07) is 15.0. The summed E-state index contributed by atoms with van der Waals surface area (Å²) < 4.78 is 6.07. The van der Waals surface area contributed by atoms with Gasteiger partial charge in [0.05, 0.1) is 0 Å². The monoisotopic (exact) mass is 299 g/mol. The van der Waals surface area contributed by atoms with Crippen molar-refractivity contribution in [2.24, 2.45) is 0 Å². The van der Waals surface area contributed by atoms with Crippen LogP contribution in [0.5, 0.6) is 0 Å². The van der Waals surface area contributed by atoms with Crippen LogP contribution in [0.3, 0.4) is 0 Å². The van der Waals surface area contributed by atoms with Gasteiger partial charge >= 0.3 is 0 Å². The first-order chi connectivity index (χ1) is 10.3. The summed E-state index contributed by atoms with van der Waals surface area (Å²) in [4.78, 5) is 2.75. The molecule has 2 nitrogen and oxygen atoms in total. The second-order valence-corrected chi connectivity index (χ2v) is 6.43. The minimum absolute atomic E-state index is 0.155. The first-order valence-corrected chi connectivity index (χ1v) is 8.44. The molecule has 0 spiro atoms. The molecule has 1 atom stereocenters. The minimum Gasteiger partial charge on any atom is -0.459 e. The van der Waals surface area contributed by atoms with E-state index in [4.69, 9.17) is 4.42 Å². The van der Waals surface area contributed by atoms with Gasteiger partial charge in [-0.2, -0.15) is 0 Å². The van der Waals surface area contributed by atoms with Crippen LogP contribution in [0.25, 0.3) is 11.0 Å². The summed E-state index contributed by atoms with van der Waals surface area (Å²) in [5, 5.41) is 4.79. The van der Waals surface area contributed by atoms with Crippen LogP contribution in [0.2, 0.25) is 0 Å². The van der Waals surface area contributed by atoms with Crippen molar-refractivity contribution in [2.75, 3.05) is 6.54 Å². The number of para-hydroxylation sites is 1. The molecule has 21 heavy (non-hydrogen) atoms. The number of fused-ring (bicyclic) bond motifs is 1. The highest BCUT2D eigenvalue weighted by molar-refractivity contribution is 7.12. The molecule has 110 valence electrons. The van der Waals surface area contributed by atoms with Gasteiger partial charge in [-0.1, -0.05) is 32.0 Å². The Kier molecular flexibility index (Phi) is 4.42. The van der Waals surface area contributed by atoms with E-state index in [1.807, 2.05) is 23.5 Å². The topological polar surface area (TPSA) is 25.2 Å². The van der Waals surface area contributed by atoms with Gasteiger partial charge in [0.1, 0.15) is 17.4 Å². The molecule has 0 aliphatic rings. The maximum Gasteiger partial charge on any atom is 0.134 e. The summed E-state index contributed by atoms with van der Waals surface area (Å²) in [5.41, 5.74) is 0.961. The van der Waals surface area contributed by atoms with Crippen LogP contribution in [0.1, 0.15) is 41.8 Å². The van der Waals surface area contributed by atoms with Crippen LogP contribution in [0.15, 0.2) is 46.9 Å². The molecular weight excluding hydrogens is 278 g/mol.